The molecule has 1 saturated heterocycles. The van der Waals surface area contributed by atoms with Crippen LogP contribution in [0, 0.1) is 5.92 Å². The van der Waals surface area contributed by atoms with Gasteiger partial charge in [0.05, 0.1) is 6.10 Å². The Morgan fingerprint density at radius 2 is 2.23 bits per heavy atom. The highest BCUT2D eigenvalue weighted by atomic mass is 16.3. The molecule has 0 amide bonds. The Morgan fingerprint density at radius 1 is 1.46 bits per heavy atom. The highest BCUT2D eigenvalue weighted by Crippen LogP contribution is 2.15. The van der Waals surface area contributed by atoms with Crippen LogP contribution in [0.2, 0.25) is 0 Å². The number of rotatable bonds is 5. The van der Waals surface area contributed by atoms with Crippen molar-refractivity contribution in [2.24, 2.45) is 5.92 Å². The number of aliphatic hydroxyl groups excluding tert-OH is 1. The molecular formula is C11H23NO. The predicted molar refractivity (Wildman–Crippen MR) is 55.8 cm³/mol. The fourth-order valence-electron chi connectivity index (χ4n) is 2.00. The molecular weight excluding hydrogens is 162 g/mol. The highest BCUT2D eigenvalue weighted by Gasteiger charge is 2.17. The van der Waals surface area contributed by atoms with Crippen molar-refractivity contribution in [3.05, 3.63) is 0 Å². The summed E-state index contributed by atoms with van der Waals surface area (Å²) in [7, 11) is 0. The molecule has 2 unspecified atom stereocenters. The zero-order valence-electron chi connectivity index (χ0n) is 9.00. The molecule has 0 radical (unpaired) electrons. The van der Waals surface area contributed by atoms with E-state index in [4.69, 9.17) is 5.11 Å². The third kappa shape index (κ3) is 4.63. The number of likely N-dealkylation sites (tertiary alicyclic amines) is 1. The maximum Gasteiger partial charge on any atom is 0.0512 e. The molecule has 0 aromatic carbocycles. The standard InChI is InChI=1S/C11H23NO/c1-10-6-8-12(9-10)7-4-3-5-11(2)13/h10-11,13H,3-9H2,1-2H3. The lowest BCUT2D eigenvalue weighted by Gasteiger charge is -2.14. The van der Waals surface area contributed by atoms with Gasteiger partial charge < -0.3 is 10.0 Å². The smallest absolute Gasteiger partial charge is 0.0512 e. The third-order valence-corrected chi connectivity index (χ3v) is 2.85. The minimum atomic E-state index is -0.113. The second-order valence-corrected chi connectivity index (χ2v) is 4.54. The Bertz CT molecular complexity index is 136. The van der Waals surface area contributed by atoms with Gasteiger partial charge in [0.1, 0.15) is 0 Å². The van der Waals surface area contributed by atoms with E-state index in [1.54, 1.807) is 0 Å². The van der Waals surface area contributed by atoms with E-state index in [0.29, 0.717) is 0 Å². The molecule has 2 heteroatoms. The molecule has 0 spiro atoms. The number of aliphatic hydroxyl groups is 1. The van der Waals surface area contributed by atoms with Crippen LogP contribution in [0.1, 0.15) is 39.5 Å². The molecule has 2 nitrogen and oxygen atoms in total. The normalized spacial score (nSPS) is 26.5. The van der Waals surface area contributed by atoms with E-state index in [1.807, 2.05) is 6.92 Å². The van der Waals surface area contributed by atoms with Crippen LogP contribution in [0.15, 0.2) is 0 Å². The van der Waals surface area contributed by atoms with Crippen molar-refractivity contribution in [3.63, 3.8) is 0 Å². The maximum absolute atomic E-state index is 9.07. The topological polar surface area (TPSA) is 23.5 Å². The molecule has 1 aliphatic rings. The largest absolute Gasteiger partial charge is 0.393 e. The van der Waals surface area contributed by atoms with Gasteiger partial charge in [-0.2, -0.15) is 0 Å². The number of hydrogen-bond acceptors (Lipinski definition) is 2. The highest BCUT2D eigenvalue weighted by molar-refractivity contribution is 4.71. The van der Waals surface area contributed by atoms with E-state index in [9.17, 15) is 0 Å². The van der Waals surface area contributed by atoms with Crippen LogP contribution >= 0.6 is 0 Å². The van der Waals surface area contributed by atoms with Crippen LogP contribution in [0.4, 0.5) is 0 Å². The van der Waals surface area contributed by atoms with Gasteiger partial charge in [0.2, 0.25) is 0 Å². The van der Waals surface area contributed by atoms with E-state index >= 15 is 0 Å². The molecule has 2 atom stereocenters. The van der Waals surface area contributed by atoms with Crippen molar-refractivity contribution < 1.29 is 5.11 Å². The number of nitrogens with zero attached hydrogens (tertiary/aromatic N) is 1. The number of hydrogen-bond donors (Lipinski definition) is 1. The Kier molecular flexibility index (Phi) is 4.74. The van der Waals surface area contributed by atoms with Gasteiger partial charge in [-0.3, -0.25) is 0 Å². The van der Waals surface area contributed by atoms with Crippen molar-refractivity contribution >= 4 is 0 Å². The predicted octanol–water partition coefficient (Wildman–Crippen LogP) is 1.88. The quantitative estimate of drug-likeness (QED) is 0.661. The molecule has 0 saturated carbocycles. The van der Waals surface area contributed by atoms with Crippen molar-refractivity contribution in [3.8, 4) is 0 Å². The summed E-state index contributed by atoms with van der Waals surface area (Å²) in [6.07, 6.45) is 4.64. The molecule has 1 rings (SSSR count). The maximum atomic E-state index is 9.07. The van der Waals surface area contributed by atoms with Crippen LogP contribution in [0.25, 0.3) is 0 Å². The Balaban J connectivity index is 1.94. The lowest BCUT2D eigenvalue weighted by atomic mass is 10.1. The second kappa shape index (κ2) is 5.61. The van der Waals surface area contributed by atoms with Crippen LogP contribution in [0.3, 0.4) is 0 Å². The minimum absolute atomic E-state index is 0.113. The van der Waals surface area contributed by atoms with Crippen molar-refractivity contribution in [2.45, 2.75) is 45.6 Å². The Hall–Kier alpha value is -0.0800. The summed E-state index contributed by atoms with van der Waals surface area (Å²) < 4.78 is 0. The molecule has 1 aliphatic heterocycles. The average molecular weight is 185 g/mol. The van der Waals surface area contributed by atoms with Gasteiger partial charge in [0, 0.05) is 6.54 Å². The van der Waals surface area contributed by atoms with Crippen LogP contribution in [-0.4, -0.2) is 35.7 Å². The lowest BCUT2D eigenvalue weighted by molar-refractivity contribution is 0.178. The van der Waals surface area contributed by atoms with E-state index < -0.39 is 0 Å². The zero-order chi connectivity index (χ0) is 9.68. The second-order valence-electron chi connectivity index (χ2n) is 4.54. The van der Waals surface area contributed by atoms with E-state index in [1.165, 1.54) is 38.9 Å². The van der Waals surface area contributed by atoms with Gasteiger partial charge in [-0.25, -0.2) is 0 Å². The molecule has 1 fully saturated rings. The molecule has 0 aromatic rings. The fourth-order valence-corrected chi connectivity index (χ4v) is 2.00. The summed E-state index contributed by atoms with van der Waals surface area (Å²) in [5, 5.41) is 9.07. The van der Waals surface area contributed by atoms with Gasteiger partial charge >= 0.3 is 0 Å². The molecule has 1 heterocycles. The molecule has 0 aliphatic carbocycles. The zero-order valence-corrected chi connectivity index (χ0v) is 9.00. The van der Waals surface area contributed by atoms with Crippen molar-refractivity contribution in [2.75, 3.05) is 19.6 Å². The van der Waals surface area contributed by atoms with Crippen molar-refractivity contribution in [1.82, 2.24) is 4.90 Å². The molecule has 13 heavy (non-hydrogen) atoms. The van der Waals surface area contributed by atoms with Crippen LogP contribution in [0.5, 0.6) is 0 Å². The average Bonchev–Trinajstić information content (AvgIpc) is 2.45. The number of unbranched alkanes of at least 4 members (excludes halogenated alkanes) is 1. The van der Waals surface area contributed by atoms with Gasteiger partial charge in [0.25, 0.3) is 0 Å². The van der Waals surface area contributed by atoms with Crippen molar-refractivity contribution in [1.29, 1.82) is 0 Å². The summed E-state index contributed by atoms with van der Waals surface area (Å²) in [5.74, 6) is 0.900. The van der Waals surface area contributed by atoms with Gasteiger partial charge in [-0.15, -0.1) is 0 Å². The van der Waals surface area contributed by atoms with Crippen LogP contribution in [-0.2, 0) is 0 Å². The molecule has 1 N–H and O–H groups in total. The SMILES string of the molecule is CC(O)CCCCN1CCC(C)C1. The first-order valence-electron chi connectivity index (χ1n) is 5.59. The third-order valence-electron chi connectivity index (χ3n) is 2.85. The summed E-state index contributed by atoms with van der Waals surface area (Å²) in [6.45, 7) is 8.01. The lowest BCUT2D eigenvalue weighted by Crippen LogP contribution is -2.21. The summed E-state index contributed by atoms with van der Waals surface area (Å²) in [4.78, 5) is 2.55. The molecule has 78 valence electrons. The first-order chi connectivity index (χ1) is 6.18. The first-order valence-corrected chi connectivity index (χ1v) is 5.59. The molecule has 0 aromatic heterocycles. The van der Waals surface area contributed by atoms with Gasteiger partial charge in [-0.1, -0.05) is 6.92 Å². The summed E-state index contributed by atoms with van der Waals surface area (Å²) >= 11 is 0. The van der Waals surface area contributed by atoms with E-state index in [2.05, 4.69) is 11.8 Å². The fraction of sp³-hybridized carbons (Fsp3) is 1.00. The first kappa shape index (κ1) is 11.0. The minimum Gasteiger partial charge on any atom is -0.393 e. The Labute approximate surface area is 81.9 Å². The van der Waals surface area contributed by atoms with E-state index in [0.717, 1.165) is 12.3 Å². The van der Waals surface area contributed by atoms with Gasteiger partial charge in [-0.05, 0) is 51.6 Å². The van der Waals surface area contributed by atoms with Gasteiger partial charge in [0.15, 0.2) is 0 Å². The monoisotopic (exact) mass is 185 g/mol. The summed E-state index contributed by atoms with van der Waals surface area (Å²) in [6, 6.07) is 0. The summed E-state index contributed by atoms with van der Waals surface area (Å²) in [5.41, 5.74) is 0. The molecule has 0 bridgehead atoms. The van der Waals surface area contributed by atoms with E-state index in [-0.39, 0.29) is 6.10 Å². The Morgan fingerprint density at radius 3 is 2.77 bits per heavy atom. The van der Waals surface area contributed by atoms with Crippen LogP contribution < -0.4 is 0 Å².